The summed E-state index contributed by atoms with van der Waals surface area (Å²) in [6.07, 6.45) is 0. The van der Waals surface area contributed by atoms with Crippen LogP contribution in [0.5, 0.6) is 0 Å². The number of carbonyl (C=O) groups excluding carboxylic acids is 1. The molecule has 0 unspecified atom stereocenters. The molecule has 0 atom stereocenters. The van der Waals surface area contributed by atoms with Crippen molar-refractivity contribution in [2.75, 3.05) is 5.32 Å². The lowest BCUT2D eigenvalue weighted by Crippen LogP contribution is -2.09. The molecule has 3 aromatic rings. The molecular weight excluding hydrogens is 278 g/mol. The monoisotopic (exact) mass is 293 g/mol. The van der Waals surface area contributed by atoms with Gasteiger partial charge in [0.1, 0.15) is 5.69 Å². The molecule has 22 heavy (non-hydrogen) atoms. The number of nitrogens with two attached hydrogens (primary N) is 1. The highest BCUT2D eigenvalue weighted by Gasteiger charge is 2.10. The number of aromatic nitrogens is 1. The Bertz CT molecular complexity index is 764. The molecular formula is C17H15N3O2. The Labute approximate surface area is 127 Å². The van der Waals surface area contributed by atoms with Gasteiger partial charge in [-0.25, -0.2) is 0 Å². The quantitative estimate of drug-likeness (QED) is 0.757. The highest BCUT2D eigenvalue weighted by Crippen LogP contribution is 2.21. The van der Waals surface area contributed by atoms with Crippen LogP contribution in [-0.4, -0.2) is 11.1 Å². The maximum absolute atomic E-state index is 11.0. The normalized spacial score (nSPS) is 10.4. The minimum atomic E-state index is -0.625. The van der Waals surface area contributed by atoms with Crippen molar-refractivity contribution in [3.05, 3.63) is 72.0 Å². The second-order valence-corrected chi connectivity index (χ2v) is 4.86. The summed E-state index contributed by atoms with van der Waals surface area (Å²) < 4.78 is 4.88. The highest BCUT2D eigenvalue weighted by atomic mass is 16.5. The first-order valence-corrected chi connectivity index (χ1v) is 6.87. The van der Waals surface area contributed by atoms with Gasteiger partial charge in [-0.3, -0.25) is 4.79 Å². The zero-order chi connectivity index (χ0) is 15.4. The fourth-order valence-corrected chi connectivity index (χ4v) is 2.09. The average Bonchev–Trinajstić information content (AvgIpc) is 3.05. The standard InChI is InChI=1S/C17H15N3O2/c18-17(21)16-10-15(20-22-16)13-6-8-14(9-7-13)19-11-12-4-2-1-3-5-12/h1-10,19H,11H2,(H2,18,21). The van der Waals surface area contributed by atoms with Crippen LogP contribution < -0.4 is 11.1 Å². The van der Waals surface area contributed by atoms with E-state index >= 15 is 0 Å². The Balaban J connectivity index is 1.68. The van der Waals surface area contributed by atoms with E-state index < -0.39 is 5.91 Å². The number of amides is 1. The molecule has 5 nitrogen and oxygen atoms in total. The van der Waals surface area contributed by atoms with E-state index in [0.29, 0.717) is 5.69 Å². The van der Waals surface area contributed by atoms with Gasteiger partial charge in [0, 0.05) is 23.9 Å². The van der Waals surface area contributed by atoms with E-state index in [2.05, 4.69) is 22.6 Å². The van der Waals surface area contributed by atoms with E-state index in [9.17, 15) is 4.79 Å². The summed E-state index contributed by atoms with van der Waals surface area (Å²) in [4.78, 5) is 11.0. The van der Waals surface area contributed by atoms with Gasteiger partial charge >= 0.3 is 0 Å². The molecule has 0 saturated heterocycles. The summed E-state index contributed by atoms with van der Waals surface area (Å²) in [5.41, 5.74) is 8.81. The number of anilines is 1. The Kier molecular flexibility index (Phi) is 3.87. The number of nitrogens with one attached hydrogen (secondary N) is 1. The SMILES string of the molecule is NC(=O)c1cc(-c2ccc(NCc3ccccc3)cc2)no1. The van der Waals surface area contributed by atoms with Gasteiger partial charge in [-0.2, -0.15) is 0 Å². The van der Waals surface area contributed by atoms with Crippen LogP contribution in [0.3, 0.4) is 0 Å². The maximum atomic E-state index is 11.0. The number of primary amides is 1. The van der Waals surface area contributed by atoms with Crippen LogP contribution >= 0.6 is 0 Å². The number of hydrogen-bond acceptors (Lipinski definition) is 4. The summed E-state index contributed by atoms with van der Waals surface area (Å²) in [5.74, 6) is -0.568. The number of rotatable bonds is 5. The number of benzene rings is 2. The van der Waals surface area contributed by atoms with E-state index in [-0.39, 0.29) is 5.76 Å². The van der Waals surface area contributed by atoms with Crippen LogP contribution in [0.4, 0.5) is 5.69 Å². The summed E-state index contributed by atoms with van der Waals surface area (Å²) >= 11 is 0. The zero-order valence-electron chi connectivity index (χ0n) is 11.8. The van der Waals surface area contributed by atoms with E-state index in [1.807, 2.05) is 42.5 Å². The third-order valence-electron chi connectivity index (χ3n) is 3.27. The lowest BCUT2D eigenvalue weighted by molar-refractivity contribution is 0.0965. The predicted molar refractivity (Wildman–Crippen MR) is 84.2 cm³/mol. The van der Waals surface area contributed by atoms with Crippen LogP contribution in [0.2, 0.25) is 0 Å². The zero-order valence-corrected chi connectivity index (χ0v) is 11.8. The van der Waals surface area contributed by atoms with Gasteiger partial charge in [0.15, 0.2) is 0 Å². The fraction of sp³-hybridized carbons (Fsp3) is 0.0588. The minimum absolute atomic E-state index is 0.0567. The van der Waals surface area contributed by atoms with Crippen molar-refractivity contribution in [2.24, 2.45) is 5.73 Å². The van der Waals surface area contributed by atoms with Crippen molar-refractivity contribution >= 4 is 11.6 Å². The largest absolute Gasteiger partial charge is 0.381 e. The van der Waals surface area contributed by atoms with E-state index in [4.69, 9.17) is 10.3 Å². The lowest BCUT2D eigenvalue weighted by atomic mass is 10.1. The van der Waals surface area contributed by atoms with Gasteiger partial charge in [-0.15, -0.1) is 0 Å². The minimum Gasteiger partial charge on any atom is -0.381 e. The first kappa shape index (κ1) is 13.9. The first-order chi connectivity index (χ1) is 10.7. The third-order valence-corrected chi connectivity index (χ3v) is 3.27. The van der Waals surface area contributed by atoms with Gasteiger partial charge in [-0.1, -0.05) is 47.6 Å². The Morgan fingerprint density at radius 1 is 1.09 bits per heavy atom. The molecule has 3 N–H and O–H groups in total. The molecule has 0 aliphatic carbocycles. The third kappa shape index (κ3) is 3.15. The Hall–Kier alpha value is -3.08. The molecule has 110 valence electrons. The molecule has 1 aromatic heterocycles. The number of nitrogens with zero attached hydrogens (tertiary/aromatic N) is 1. The van der Waals surface area contributed by atoms with Crippen molar-refractivity contribution in [2.45, 2.75) is 6.54 Å². The van der Waals surface area contributed by atoms with Gasteiger partial charge in [0.2, 0.25) is 5.76 Å². The molecule has 0 radical (unpaired) electrons. The molecule has 1 heterocycles. The predicted octanol–water partition coefficient (Wildman–Crippen LogP) is 3.05. The fourth-order valence-electron chi connectivity index (χ4n) is 2.09. The van der Waals surface area contributed by atoms with Crippen LogP contribution in [-0.2, 0) is 6.54 Å². The summed E-state index contributed by atoms with van der Waals surface area (Å²) in [5, 5.41) is 7.18. The molecule has 0 spiro atoms. The molecule has 0 fully saturated rings. The van der Waals surface area contributed by atoms with Crippen LogP contribution in [0, 0.1) is 0 Å². The van der Waals surface area contributed by atoms with Crippen molar-refractivity contribution < 1.29 is 9.32 Å². The van der Waals surface area contributed by atoms with E-state index in [1.165, 1.54) is 11.6 Å². The van der Waals surface area contributed by atoms with Crippen LogP contribution in [0.1, 0.15) is 16.1 Å². The highest BCUT2D eigenvalue weighted by molar-refractivity contribution is 5.90. The maximum Gasteiger partial charge on any atom is 0.287 e. The molecule has 1 amide bonds. The summed E-state index contributed by atoms with van der Waals surface area (Å²) in [6.45, 7) is 0.760. The topological polar surface area (TPSA) is 81.2 Å². The molecule has 2 aromatic carbocycles. The van der Waals surface area contributed by atoms with Gasteiger partial charge in [0.25, 0.3) is 5.91 Å². The van der Waals surface area contributed by atoms with Crippen molar-refractivity contribution in [3.63, 3.8) is 0 Å². The Morgan fingerprint density at radius 2 is 1.82 bits per heavy atom. The van der Waals surface area contributed by atoms with Gasteiger partial charge < -0.3 is 15.6 Å². The second kappa shape index (κ2) is 6.13. The average molecular weight is 293 g/mol. The Morgan fingerprint density at radius 3 is 2.45 bits per heavy atom. The molecule has 0 aliphatic heterocycles. The van der Waals surface area contributed by atoms with Crippen molar-refractivity contribution in [1.82, 2.24) is 5.16 Å². The van der Waals surface area contributed by atoms with Crippen molar-refractivity contribution in [1.29, 1.82) is 0 Å². The van der Waals surface area contributed by atoms with Crippen molar-refractivity contribution in [3.8, 4) is 11.3 Å². The molecule has 0 aliphatic rings. The lowest BCUT2D eigenvalue weighted by Gasteiger charge is -2.06. The smallest absolute Gasteiger partial charge is 0.287 e. The molecule has 3 rings (SSSR count). The molecule has 5 heteroatoms. The van der Waals surface area contributed by atoms with Crippen LogP contribution in [0.15, 0.2) is 65.2 Å². The number of carbonyl (C=O) groups is 1. The number of hydrogen-bond donors (Lipinski definition) is 2. The molecule has 0 bridgehead atoms. The first-order valence-electron chi connectivity index (χ1n) is 6.87. The van der Waals surface area contributed by atoms with E-state index in [1.54, 1.807) is 0 Å². The summed E-state index contributed by atoms with van der Waals surface area (Å²) in [6, 6.07) is 19.4. The van der Waals surface area contributed by atoms with Gasteiger partial charge in [-0.05, 0) is 17.7 Å². The second-order valence-electron chi connectivity index (χ2n) is 4.86. The van der Waals surface area contributed by atoms with Gasteiger partial charge in [0.05, 0.1) is 0 Å². The van der Waals surface area contributed by atoms with Crippen LogP contribution in [0.25, 0.3) is 11.3 Å². The summed E-state index contributed by atoms with van der Waals surface area (Å²) in [7, 11) is 0. The molecule has 0 saturated carbocycles. The van der Waals surface area contributed by atoms with E-state index in [0.717, 1.165) is 17.8 Å².